The number of carbonyl (C=O) groups is 1. The molecule has 1 atom stereocenters. The Bertz CT molecular complexity index is 611. The van der Waals surface area contributed by atoms with Gasteiger partial charge in [0, 0.05) is 6.04 Å². The number of urea groups is 1. The van der Waals surface area contributed by atoms with Gasteiger partial charge in [0.2, 0.25) is 0 Å². The van der Waals surface area contributed by atoms with Crippen LogP contribution in [0.2, 0.25) is 0 Å². The molecule has 0 heterocycles. The van der Waals surface area contributed by atoms with Gasteiger partial charge in [-0.2, -0.15) is 0 Å². The van der Waals surface area contributed by atoms with Crippen molar-refractivity contribution in [3.63, 3.8) is 0 Å². The first-order chi connectivity index (χ1) is 11.6. The van der Waals surface area contributed by atoms with E-state index in [9.17, 15) is 4.79 Å². The molecule has 0 aliphatic heterocycles. The molecule has 24 heavy (non-hydrogen) atoms. The third kappa shape index (κ3) is 6.73. The summed E-state index contributed by atoms with van der Waals surface area (Å²) >= 11 is 0. The topological polar surface area (TPSA) is 50.4 Å². The van der Waals surface area contributed by atoms with Crippen LogP contribution in [-0.2, 0) is 6.42 Å². The van der Waals surface area contributed by atoms with Crippen molar-refractivity contribution < 1.29 is 9.53 Å². The first kappa shape index (κ1) is 17.9. The van der Waals surface area contributed by atoms with E-state index in [0.29, 0.717) is 13.2 Å². The van der Waals surface area contributed by atoms with Crippen LogP contribution in [0.1, 0.15) is 24.5 Å². The van der Waals surface area contributed by atoms with E-state index in [4.69, 9.17) is 4.74 Å². The minimum Gasteiger partial charge on any atom is -0.492 e. The summed E-state index contributed by atoms with van der Waals surface area (Å²) < 4.78 is 5.58. The van der Waals surface area contributed by atoms with E-state index in [-0.39, 0.29) is 12.1 Å². The van der Waals surface area contributed by atoms with Crippen LogP contribution in [0.5, 0.6) is 5.75 Å². The van der Waals surface area contributed by atoms with Crippen molar-refractivity contribution >= 4 is 6.03 Å². The number of aryl methyl sites for hydroxylation is 2. The lowest BCUT2D eigenvalue weighted by Gasteiger charge is -2.15. The molecule has 2 N–H and O–H groups in total. The molecule has 0 spiro atoms. The molecule has 0 aliphatic carbocycles. The van der Waals surface area contributed by atoms with Gasteiger partial charge in [0.1, 0.15) is 12.4 Å². The Balaban J connectivity index is 1.58. The predicted octanol–water partition coefficient (Wildman–Crippen LogP) is 3.69. The zero-order valence-electron chi connectivity index (χ0n) is 14.4. The van der Waals surface area contributed by atoms with Gasteiger partial charge in [-0.05, 0) is 44.4 Å². The fourth-order valence-electron chi connectivity index (χ4n) is 2.34. The third-order valence-electron chi connectivity index (χ3n) is 3.76. The summed E-state index contributed by atoms with van der Waals surface area (Å²) in [6, 6.07) is 18.1. The van der Waals surface area contributed by atoms with E-state index in [1.807, 2.05) is 56.3 Å². The van der Waals surface area contributed by atoms with Crippen LogP contribution >= 0.6 is 0 Å². The van der Waals surface area contributed by atoms with Gasteiger partial charge >= 0.3 is 6.03 Å². The second-order valence-corrected chi connectivity index (χ2v) is 5.99. The summed E-state index contributed by atoms with van der Waals surface area (Å²) in [6.07, 6.45) is 1.87. The number of carbonyl (C=O) groups excluding carboxylic acids is 1. The maximum atomic E-state index is 11.8. The molecule has 2 aromatic carbocycles. The van der Waals surface area contributed by atoms with Crippen molar-refractivity contribution in [2.75, 3.05) is 13.2 Å². The highest BCUT2D eigenvalue weighted by molar-refractivity contribution is 5.74. The van der Waals surface area contributed by atoms with Crippen LogP contribution in [0.3, 0.4) is 0 Å². The number of hydrogen-bond donors (Lipinski definition) is 2. The fourth-order valence-corrected chi connectivity index (χ4v) is 2.34. The van der Waals surface area contributed by atoms with Gasteiger partial charge in [-0.25, -0.2) is 4.79 Å². The number of nitrogens with one attached hydrogen (secondary N) is 2. The van der Waals surface area contributed by atoms with Crippen LogP contribution in [0.25, 0.3) is 0 Å². The predicted molar refractivity (Wildman–Crippen MR) is 97.4 cm³/mol. The zero-order chi connectivity index (χ0) is 17.2. The number of ether oxygens (including phenoxy) is 1. The van der Waals surface area contributed by atoms with Gasteiger partial charge in [0.15, 0.2) is 0 Å². The summed E-state index contributed by atoms with van der Waals surface area (Å²) in [5, 5.41) is 5.77. The second-order valence-electron chi connectivity index (χ2n) is 5.99. The summed E-state index contributed by atoms with van der Waals surface area (Å²) in [7, 11) is 0. The van der Waals surface area contributed by atoms with E-state index >= 15 is 0 Å². The lowest BCUT2D eigenvalue weighted by atomic mass is 10.1. The van der Waals surface area contributed by atoms with Crippen molar-refractivity contribution in [2.24, 2.45) is 0 Å². The van der Waals surface area contributed by atoms with E-state index in [0.717, 1.165) is 18.6 Å². The molecule has 0 radical (unpaired) electrons. The average molecular weight is 326 g/mol. The fraction of sp³-hybridized carbons (Fsp3) is 0.350. The quantitative estimate of drug-likeness (QED) is 0.727. The van der Waals surface area contributed by atoms with Crippen molar-refractivity contribution in [3.05, 3.63) is 65.7 Å². The molecule has 0 aromatic heterocycles. The van der Waals surface area contributed by atoms with Crippen LogP contribution in [-0.4, -0.2) is 25.2 Å². The lowest BCUT2D eigenvalue weighted by Crippen LogP contribution is -2.42. The first-order valence-corrected chi connectivity index (χ1v) is 8.41. The molecule has 0 aliphatic rings. The van der Waals surface area contributed by atoms with Gasteiger partial charge in [0.05, 0.1) is 6.54 Å². The molecule has 4 nitrogen and oxygen atoms in total. The van der Waals surface area contributed by atoms with Crippen LogP contribution in [0.4, 0.5) is 4.79 Å². The Morgan fingerprint density at radius 3 is 2.50 bits per heavy atom. The van der Waals surface area contributed by atoms with Gasteiger partial charge in [-0.1, -0.05) is 48.0 Å². The Hall–Kier alpha value is -2.49. The minimum absolute atomic E-state index is 0.128. The van der Waals surface area contributed by atoms with E-state index in [2.05, 4.69) is 22.8 Å². The monoisotopic (exact) mass is 326 g/mol. The average Bonchev–Trinajstić information content (AvgIpc) is 2.59. The van der Waals surface area contributed by atoms with Gasteiger partial charge < -0.3 is 15.4 Å². The number of rotatable bonds is 8. The molecule has 128 valence electrons. The lowest BCUT2D eigenvalue weighted by molar-refractivity contribution is 0.233. The SMILES string of the molecule is Cc1ccc(OCCNC(=O)NC(C)CCc2ccccc2)cc1. The maximum absolute atomic E-state index is 11.8. The van der Waals surface area contributed by atoms with Gasteiger partial charge in [-0.3, -0.25) is 0 Å². The van der Waals surface area contributed by atoms with Crippen LogP contribution < -0.4 is 15.4 Å². The van der Waals surface area contributed by atoms with Gasteiger partial charge in [-0.15, -0.1) is 0 Å². The highest BCUT2D eigenvalue weighted by Gasteiger charge is 2.06. The first-order valence-electron chi connectivity index (χ1n) is 8.41. The Labute approximate surface area is 144 Å². The molecular formula is C20H26N2O2. The Kier molecular flexibility index (Phi) is 7.15. The van der Waals surface area contributed by atoms with E-state index in [1.165, 1.54) is 11.1 Å². The van der Waals surface area contributed by atoms with E-state index in [1.54, 1.807) is 0 Å². The van der Waals surface area contributed by atoms with E-state index < -0.39 is 0 Å². The number of benzene rings is 2. The summed E-state index contributed by atoms with van der Waals surface area (Å²) in [5.41, 5.74) is 2.49. The third-order valence-corrected chi connectivity index (χ3v) is 3.76. The van der Waals surface area contributed by atoms with Crippen molar-refractivity contribution in [1.29, 1.82) is 0 Å². The Morgan fingerprint density at radius 2 is 1.79 bits per heavy atom. The molecule has 0 bridgehead atoms. The smallest absolute Gasteiger partial charge is 0.315 e. The van der Waals surface area contributed by atoms with Crippen molar-refractivity contribution in [3.8, 4) is 5.75 Å². The highest BCUT2D eigenvalue weighted by Crippen LogP contribution is 2.10. The molecule has 1 unspecified atom stereocenters. The molecule has 0 saturated heterocycles. The summed E-state index contributed by atoms with van der Waals surface area (Å²) in [6.45, 7) is 4.99. The largest absolute Gasteiger partial charge is 0.492 e. The maximum Gasteiger partial charge on any atom is 0.315 e. The normalized spacial score (nSPS) is 11.6. The summed E-state index contributed by atoms with van der Waals surface area (Å²) in [5.74, 6) is 0.819. The number of amides is 2. The van der Waals surface area contributed by atoms with Crippen molar-refractivity contribution in [2.45, 2.75) is 32.7 Å². The number of hydrogen-bond acceptors (Lipinski definition) is 2. The Morgan fingerprint density at radius 1 is 1.08 bits per heavy atom. The molecular weight excluding hydrogens is 300 g/mol. The van der Waals surface area contributed by atoms with Crippen molar-refractivity contribution in [1.82, 2.24) is 10.6 Å². The molecule has 2 aromatic rings. The van der Waals surface area contributed by atoms with Crippen LogP contribution in [0.15, 0.2) is 54.6 Å². The minimum atomic E-state index is -0.150. The van der Waals surface area contributed by atoms with Gasteiger partial charge in [0.25, 0.3) is 0 Å². The molecule has 0 saturated carbocycles. The molecule has 4 heteroatoms. The molecule has 2 rings (SSSR count). The molecule has 0 fully saturated rings. The highest BCUT2D eigenvalue weighted by atomic mass is 16.5. The second kappa shape index (κ2) is 9.60. The van der Waals surface area contributed by atoms with Crippen LogP contribution in [0, 0.1) is 6.92 Å². The summed E-state index contributed by atoms with van der Waals surface area (Å²) in [4.78, 5) is 11.8. The standard InChI is InChI=1S/C20H26N2O2/c1-16-8-12-19(13-9-16)24-15-14-21-20(23)22-17(2)10-11-18-6-4-3-5-7-18/h3-9,12-13,17H,10-11,14-15H2,1-2H3,(H2,21,22,23). The zero-order valence-corrected chi connectivity index (χ0v) is 14.4. The molecule has 2 amide bonds.